The SMILES string of the molecule is Cc1nc(Oc2cc(F)ccc2-c2ncc(CN)cn2)cc(N2CCOCC2)n1. The first kappa shape index (κ1) is 19.2. The molecule has 9 heteroatoms. The number of morpholine rings is 1. The van der Waals surface area contributed by atoms with Crippen LogP contribution in [0.5, 0.6) is 11.6 Å². The number of aryl methyl sites for hydroxylation is 1. The predicted octanol–water partition coefficient (Wildman–Crippen LogP) is 2.47. The van der Waals surface area contributed by atoms with E-state index in [1.807, 2.05) is 0 Å². The molecule has 0 spiro atoms. The molecule has 150 valence electrons. The molecule has 3 heterocycles. The summed E-state index contributed by atoms with van der Waals surface area (Å²) in [6.45, 7) is 4.90. The maximum atomic E-state index is 13.9. The van der Waals surface area contributed by atoms with Gasteiger partial charge in [-0.25, -0.2) is 19.3 Å². The van der Waals surface area contributed by atoms with E-state index < -0.39 is 5.82 Å². The number of hydrogen-bond acceptors (Lipinski definition) is 8. The van der Waals surface area contributed by atoms with Gasteiger partial charge < -0.3 is 20.1 Å². The monoisotopic (exact) mass is 396 g/mol. The molecule has 1 aliphatic heterocycles. The molecule has 29 heavy (non-hydrogen) atoms. The molecule has 1 fully saturated rings. The van der Waals surface area contributed by atoms with E-state index in [9.17, 15) is 4.39 Å². The molecule has 0 radical (unpaired) electrons. The topological polar surface area (TPSA) is 99.3 Å². The highest BCUT2D eigenvalue weighted by molar-refractivity contribution is 5.64. The number of benzene rings is 1. The molecular formula is C20H21FN6O2. The number of halogens is 1. The van der Waals surface area contributed by atoms with Gasteiger partial charge in [-0.3, -0.25) is 0 Å². The smallest absolute Gasteiger partial charge is 0.224 e. The van der Waals surface area contributed by atoms with Crippen molar-refractivity contribution in [3.05, 3.63) is 53.9 Å². The summed E-state index contributed by atoms with van der Waals surface area (Å²) < 4.78 is 25.3. The predicted molar refractivity (Wildman–Crippen MR) is 105 cm³/mol. The van der Waals surface area contributed by atoms with Crippen LogP contribution in [0.15, 0.2) is 36.7 Å². The minimum atomic E-state index is -0.429. The molecule has 0 saturated carbocycles. The third-order valence-corrected chi connectivity index (χ3v) is 4.48. The van der Waals surface area contributed by atoms with E-state index in [1.54, 1.807) is 31.5 Å². The van der Waals surface area contributed by atoms with Crippen LogP contribution in [0.25, 0.3) is 11.4 Å². The van der Waals surface area contributed by atoms with Gasteiger partial charge in [0.2, 0.25) is 5.88 Å². The Balaban J connectivity index is 1.67. The lowest BCUT2D eigenvalue weighted by atomic mass is 10.1. The fourth-order valence-corrected chi connectivity index (χ4v) is 3.01. The van der Waals surface area contributed by atoms with Gasteiger partial charge in [0.05, 0.1) is 18.8 Å². The van der Waals surface area contributed by atoms with Crippen molar-refractivity contribution in [2.75, 3.05) is 31.2 Å². The summed E-state index contributed by atoms with van der Waals surface area (Å²) in [4.78, 5) is 19.6. The maximum absolute atomic E-state index is 13.9. The van der Waals surface area contributed by atoms with Crippen LogP contribution >= 0.6 is 0 Å². The van der Waals surface area contributed by atoms with Crippen molar-refractivity contribution >= 4 is 5.82 Å². The molecular weight excluding hydrogens is 375 g/mol. The quantitative estimate of drug-likeness (QED) is 0.702. The van der Waals surface area contributed by atoms with Crippen molar-refractivity contribution in [3.8, 4) is 23.0 Å². The van der Waals surface area contributed by atoms with E-state index in [2.05, 4.69) is 24.8 Å². The minimum Gasteiger partial charge on any atom is -0.438 e. The fourth-order valence-electron chi connectivity index (χ4n) is 3.01. The van der Waals surface area contributed by atoms with Crippen LogP contribution in [0.3, 0.4) is 0 Å². The molecule has 0 amide bonds. The highest BCUT2D eigenvalue weighted by Crippen LogP contribution is 2.32. The Hall–Kier alpha value is -3.17. The number of anilines is 1. The number of aromatic nitrogens is 4. The van der Waals surface area contributed by atoms with Crippen LogP contribution in [0.2, 0.25) is 0 Å². The average Bonchev–Trinajstić information content (AvgIpc) is 2.74. The van der Waals surface area contributed by atoms with E-state index in [4.69, 9.17) is 15.2 Å². The highest BCUT2D eigenvalue weighted by Gasteiger charge is 2.17. The summed E-state index contributed by atoms with van der Waals surface area (Å²) in [5, 5.41) is 0. The second-order valence-electron chi connectivity index (χ2n) is 6.57. The maximum Gasteiger partial charge on any atom is 0.224 e. The van der Waals surface area contributed by atoms with Crippen LogP contribution in [0.1, 0.15) is 11.4 Å². The number of hydrogen-bond donors (Lipinski definition) is 1. The van der Waals surface area contributed by atoms with Crippen molar-refractivity contribution in [1.29, 1.82) is 0 Å². The van der Waals surface area contributed by atoms with Crippen LogP contribution in [-0.2, 0) is 11.3 Å². The zero-order valence-electron chi connectivity index (χ0n) is 16.0. The van der Waals surface area contributed by atoms with Gasteiger partial charge in [0.25, 0.3) is 0 Å². The first-order chi connectivity index (χ1) is 14.1. The summed E-state index contributed by atoms with van der Waals surface area (Å²) in [6, 6.07) is 5.96. The largest absolute Gasteiger partial charge is 0.438 e. The number of nitrogens with zero attached hydrogens (tertiary/aromatic N) is 5. The Morgan fingerprint density at radius 3 is 2.62 bits per heavy atom. The second-order valence-corrected chi connectivity index (χ2v) is 6.57. The van der Waals surface area contributed by atoms with Crippen LogP contribution in [0.4, 0.5) is 10.2 Å². The molecule has 3 aromatic rings. The molecule has 4 rings (SSSR count). The van der Waals surface area contributed by atoms with Crippen molar-refractivity contribution in [2.24, 2.45) is 5.73 Å². The molecule has 8 nitrogen and oxygen atoms in total. The number of rotatable bonds is 5. The fraction of sp³-hybridized carbons (Fsp3) is 0.300. The molecule has 1 aromatic carbocycles. The van der Waals surface area contributed by atoms with Crippen LogP contribution in [0, 0.1) is 12.7 Å². The van der Waals surface area contributed by atoms with E-state index in [1.165, 1.54) is 12.1 Å². The Kier molecular flexibility index (Phi) is 5.59. The van der Waals surface area contributed by atoms with Crippen molar-refractivity contribution < 1.29 is 13.9 Å². The lowest BCUT2D eigenvalue weighted by Gasteiger charge is -2.28. The highest BCUT2D eigenvalue weighted by atomic mass is 19.1. The zero-order chi connectivity index (χ0) is 20.2. The van der Waals surface area contributed by atoms with Gasteiger partial charge in [-0.05, 0) is 19.1 Å². The van der Waals surface area contributed by atoms with Gasteiger partial charge in [-0.2, -0.15) is 4.98 Å². The standard InChI is InChI=1S/C20H21FN6O2/c1-13-25-18(27-4-6-28-7-5-27)9-19(26-13)29-17-8-15(21)2-3-16(17)20-23-11-14(10-22)12-24-20/h2-3,8-9,11-12H,4-7,10,22H2,1H3. The first-order valence-electron chi connectivity index (χ1n) is 9.29. The van der Waals surface area contributed by atoms with E-state index in [-0.39, 0.29) is 5.75 Å². The lowest BCUT2D eigenvalue weighted by Crippen LogP contribution is -2.36. The molecule has 0 aliphatic carbocycles. The van der Waals surface area contributed by atoms with E-state index in [0.717, 1.165) is 24.5 Å². The van der Waals surface area contributed by atoms with Gasteiger partial charge in [-0.1, -0.05) is 0 Å². The number of ether oxygens (including phenoxy) is 2. The molecule has 0 atom stereocenters. The van der Waals surface area contributed by atoms with Crippen molar-refractivity contribution in [2.45, 2.75) is 13.5 Å². The Morgan fingerprint density at radius 2 is 1.90 bits per heavy atom. The van der Waals surface area contributed by atoms with Gasteiger partial charge in [0, 0.05) is 49.7 Å². The summed E-state index contributed by atoms with van der Waals surface area (Å²) in [7, 11) is 0. The van der Waals surface area contributed by atoms with Crippen LogP contribution < -0.4 is 15.4 Å². The Bertz CT molecular complexity index is 993. The first-order valence-corrected chi connectivity index (χ1v) is 9.29. The molecule has 2 N–H and O–H groups in total. The second kappa shape index (κ2) is 8.46. The van der Waals surface area contributed by atoms with Crippen LogP contribution in [-0.4, -0.2) is 46.2 Å². The normalized spacial score (nSPS) is 14.1. The summed E-state index contributed by atoms with van der Waals surface area (Å²) >= 11 is 0. The molecule has 2 aromatic heterocycles. The van der Waals surface area contributed by atoms with Gasteiger partial charge >= 0.3 is 0 Å². The molecule has 1 aliphatic rings. The van der Waals surface area contributed by atoms with Crippen molar-refractivity contribution in [1.82, 2.24) is 19.9 Å². The van der Waals surface area contributed by atoms with Gasteiger partial charge in [0.15, 0.2) is 5.82 Å². The average molecular weight is 396 g/mol. The summed E-state index contributed by atoms with van der Waals surface area (Å²) in [5.41, 5.74) is 6.96. The van der Waals surface area contributed by atoms with Crippen molar-refractivity contribution in [3.63, 3.8) is 0 Å². The molecule has 0 unspecified atom stereocenters. The van der Waals surface area contributed by atoms with E-state index in [0.29, 0.717) is 42.9 Å². The summed E-state index contributed by atoms with van der Waals surface area (Å²) in [5.74, 6) is 1.89. The lowest BCUT2D eigenvalue weighted by molar-refractivity contribution is 0.122. The Morgan fingerprint density at radius 1 is 1.14 bits per heavy atom. The molecule has 1 saturated heterocycles. The third kappa shape index (κ3) is 4.47. The minimum absolute atomic E-state index is 0.275. The number of nitrogens with two attached hydrogens (primary N) is 1. The third-order valence-electron chi connectivity index (χ3n) is 4.48. The van der Waals surface area contributed by atoms with Gasteiger partial charge in [-0.15, -0.1) is 0 Å². The molecule has 0 bridgehead atoms. The Labute approximate surface area is 167 Å². The zero-order valence-corrected chi connectivity index (χ0v) is 16.0. The summed E-state index contributed by atoms with van der Waals surface area (Å²) in [6.07, 6.45) is 3.28. The van der Waals surface area contributed by atoms with Gasteiger partial charge in [0.1, 0.15) is 23.2 Å². The van der Waals surface area contributed by atoms with E-state index >= 15 is 0 Å².